The molecule has 0 aliphatic rings. The molecule has 0 spiro atoms. The van der Waals surface area contributed by atoms with Gasteiger partial charge in [0.1, 0.15) is 5.82 Å². The van der Waals surface area contributed by atoms with Gasteiger partial charge < -0.3 is 5.73 Å². The van der Waals surface area contributed by atoms with Crippen LogP contribution in [0.4, 0.5) is 4.39 Å². The molecule has 0 aliphatic carbocycles. The van der Waals surface area contributed by atoms with E-state index in [1.807, 2.05) is 6.07 Å². The van der Waals surface area contributed by atoms with Crippen LogP contribution < -0.4 is 5.73 Å². The third-order valence-electron chi connectivity index (χ3n) is 3.01. The zero-order valence-electron chi connectivity index (χ0n) is 10.2. The van der Waals surface area contributed by atoms with Crippen molar-refractivity contribution in [2.24, 2.45) is 11.1 Å². The number of nitrogens with two attached hydrogens (primary N) is 1. The molecule has 0 radical (unpaired) electrons. The Labute approximate surface area is 101 Å². The molecule has 1 heterocycles. The van der Waals surface area contributed by atoms with E-state index in [1.54, 1.807) is 18.3 Å². The number of aromatic nitrogens is 1. The van der Waals surface area contributed by atoms with Crippen molar-refractivity contribution in [3.63, 3.8) is 0 Å². The first-order valence-corrected chi connectivity index (χ1v) is 5.75. The summed E-state index contributed by atoms with van der Waals surface area (Å²) in [5.74, 6) is -0.225. The van der Waals surface area contributed by atoms with Crippen LogP contribution in [0.2, 0.25) is 0 Å². The van der Waals surface area contributed by atoms with Gasteiger partial charge in [-0.15, -0.1) is 0 Å². The summed E-state index contributed by atoms with van der Waals surface area (Å²) in [6.07, 6.45) is 2.52. The van der Waals surface area contributed by atoms with E-state index in [2.05, 4.69) is 18.8 Å². The first-order chi connectivity index (χ1) is 8.02. The van der Waals surface area contributed by atoms with E-state index in [9.17, 15) is 4.39 Å². The molecular weight excluding hydrogens is 215 g/mol. The van der Waals surface area contributed by atoms with Gasteiger partial charge in [0, 0.05) is 17.3 Å². The van der Waals surface area contributed by atoms with E-state index in [0.29, 0.717) is 6.54 Å². The Kier molecular flexibility index (Phi) is 3.11. The van der Waals surface area contributed by atoms with Gasteiger partial charge in [-0.25, -0.2) is 4.39 Å². The van der Waals surface area contributed by atoms with Gasteiger partial charge in [0.05, 0.1) is 0 Å². The highest BCUT2D eigenvalue weighted by Crippen LogP contribution is 2.25. The molecule has 2 nitrogen and oxygen atoms in total. The molecule has 17 heavy (non-hydrogen) atoms. The monoisotopic (exact) mass is 232 g/mol. The maximum Gasteiger partial charge on any atom is 0.123 e. The van der Waals surface area contributed by atoms with Gasteiger partial charge in [0.25, 0.3) is 0 Å². The van der Waals surface area contributed by atoms with Crippen LogP contribution in [0.3, 0.4) is 0 Å². The standard InChI is InChI=1S/C14H17FN2/c1-14(2,9-16)8-13-12-7-11(15)4-3-10(12)5-6-17-13/h3-7H,8-9,16H2,1-2H3. The van der Waals surface area contributed by atoms with Gasteiger partial charge in [-0.05, 0) is 42.0 Å². The van der Waals surface area contributed by atoms with Crippen molar-refractivity contribution in [1.82, 2.24) is 4.98 Å². The molecule has 0 saturated carbocycles. The van der Waals surface area contributed by atoms with E-state index in [4.69, 9.17) is 5.73 Å². The highest BCUT2D eigenvalue weighted by molar-refractivity contribution is 5.84. The number of halogens is 1. The Hall–Kier alpha value is -1.48. The fraction of sp³-hybridized carbons (Fsp3) is 0.357. The van der Waals surface area contributed by atoms with Crippen molar-refractivity contribution in [3.05, 3.63) is 42.0 Å². The molecule has 2 N–H and O–H groups in total. The molecule has 0 saturated heterocycles. The first-order valence-electron chi connectivity index (χ1n) is 5.75. The lowest BCUT2D eigenvalue weighted by atomic mass is 9.86. The number of benzene rings is 1. The molecule has 0 fully saturated rings. The lowest BCUT2D eigenvalue weighted by Gasteiger charge is -2.22. The zero-order chi connectivity index (χ0) is 12.5. The molecule has 3 heteroatoms. The largest absolute Gasteiger partial charge is 0.330 e. The second-order valence-corrected chi connectivity index (χ2v) is 5.17. The quantitative estimate of drug-likeness (QED) is 0.883. The van der Waals surface area contributed by atoms with E-state index in [0.717, 1.165) is 22.9 Å². The average Bonchev–Trinajstić information content (AvgIpc) is 2.30. The Morgan fingerprint density at radius 3 is 2.76 bits per heavy atom. The number of hydrogen-bond donors (Lipinski definition) is 1. The molecule has 0 unspecified atom stereocenters. The van der Waals surface area contributed by atoms with E-state index >= 15 is 0 Å². The highest BCUT2D eigenvalue weighted by atomic mass is 19.1. The number of nitrogens with zero attached hydrogens (tertiary/aromatic N) is 1. The van der Waals surface area contributed by atoms with Crippen LogP contribution >= 0.6 is 0 Å². The summed E-state index contributed by atoms with van der Waals surface area (Å²) in [5, 5.41) is 1.90. The fourth-order valence-corrected chi connectivity index (χ4v) is 1.87. The van der Waals surface area contributed by atoms with Crippen molar-refractivity contribution in [2.45, 2.75) is 20.3 Å². The normalized spacial score (nSPS) is 12.0. The summed E-state index contributed by atoms with van der Waals surface area (Å²) in [4.78, 5) is 4.36. The summed E-state index contributed by atoms with van der Waals surface area (Å²) in [6, 6.07) is 6.70. The summed E-state index contributed by atoms with van der Waals surface area (Å²) in [7, 11) is 0. The maximum atomic E-state index is 13.3. The fourth-order valence-electron chi connectivity index (χ4n) is 1.87. The van der Waals surface area contributed by atoms with Crippen LogP contribution in [0.25, 0.3) is 10.8 Å². The minimum atomic E-state index is -0.225. The van der Waals surface area contributed by atoms with E-state index in [-0.39, 0.29) is 11.2 Å². The average molecular weight is 232 g/mol. The van der Waals surface area contributed by atoms with Gasteiger partial charge in [-0.1, -0.05) is 19.9 Å². The van der Waals surface area contributed by atoms with Crippen molar-refractivity contribution in [2.75, 3.05) is 6.54 Å². The number of rotatable bonds is 3. The van der Waals surface area contributed by atoms with Crippen LogP contribution in [0.5, 0.6) is 0 Å². The predicted molar refractivity (Wildman–Crippen MR) is 68.2 cm³/mol. The zero-order valence-corrected chi connectivity index (χ0v) is 10.2. The molecule has 2 aromatic rings. The molecule has 0 atom stereocenters. The third-order valence-corrected chi connectivity index (χ3v) is 3.01. The molecule has 1 aromatic heterocycles. The van der Waals surface area contributed by atoms with Gasteiger partial charge in [0.15, 0.2) is 0 Å². The topological polar surface area (TPSA) is 38.9 Å². The number of hydrogen-bond acceptors (Lipinski definition) is 2. The van der Waals surface area contributed by atoms with Gasteiger partial charge in [0.2, 0.25) is 0 Å². The van der Waals surface area contributed by atoms with Crippen molar-refractivity contribution in [3.8, 4) is 0 Å². The highest BCUT2D eigenvalue weighted by Gasteiger charge is 2.18. The summed E-state index contributed by atoms with van der Waals surface area (Å²) in [6.45, 7) is 4.76. The van der Waals surface area contributed by atoms with E-state index in [1.165, 1.54) is 6.07 Å². The summed E-state index contributed by atoms with van der Waals surface area (Å²) in [5.41, 5.74) is 6.62. The van der Waals surface area contributed by atoms with Crippen molar-refractivity contribution >= 4 is 10.8 Å². The summed E-state index contributed by atoms with van der Waals surface area (Å²) >= 11 is 0. The van der Waals surface area contributed by atoms with Crippen molar-refractivity contribution < 1.29 is 4.39 Å². The minimum Gasteiger partial charge on any atom is -0.330 e. The molecule has 2 rings (SSSR count). The van der Waals surface area contributed by atoms with Crippen LogP contribution in [0, 0.1) is 11.2 Å². The van der Waals surface area contributed by atoms with Gasteiger partial charge in [-0.2, -0.15) is 0 Å². The molecule has 0 bridgehead atoms. The lowest BCUT2D eigenvalue weighted by molar-refractivity contribution is 0.374. The number of fused-ring (bicyclic) bond motifs is 1. The van der Waals surface area contributed by atoms with Gasteiger partial charge >= 0.3 is 0 Å². The molecular formula is C14H17FN2. The molecule has 1 aromatic carbocycles. The Bertz CT molecular complexity index is 535. The molecule has 0 amide bonds. The predicted octanol–water partition coefficient (Wildman–Crippen LogP) is 2.90. The second kappa shape index (κ2) is 4.41. The van der Waals surface area contributed by atoms with E-state index < -0.39 is 0 Å². The summed E-state index contributed by atoms with van der Waals surface area (Å²) < 4.78 is 13.3. The second-order valence-electron chi connectivity index (χ2n) is 5.17. The lowest BCUT2D eigenvalue weighted by Crippen LogP contribution is -2.26. The third kappa shape index (κ3) is 2.61. The van der Waals surface area contributed by atoms with Gasteiger partial charge in [-0.3, -0.25) is 4.98 Å². The Balaban J connectivity index is 2.50. The van der Waals surface area contributed by atoms with Crippen molar-refractivity contribution in [1.29, 1.82) is 0 Å². The molecule has 0 aliphatic heterocycles. The smallest absolute Gasteiger partial charge is 0.123 e. The first kappa shape index (κ1) is 12.0. The van der Waals surface area contributed by atoms with Crippen LogP contribution in [-0.4, -0.2) is 11.5 Å². The van der Waals surface area contributed by atoms with Crippen LogP contribution in [-0.2, 0) is 6.42 Å². The SMILES string of the molecule is CC(C)(CN)Cc1nccc2ccc(F)cc12. The Morgan fingerprint density at radius 2 is 2.06 bits per heavy atom. The number of pyridine rings is 1. The Morgan fingerprint density at radius 1 is 1.29 bits per heavy atom. The van der Waals surface area contributed by atoms with Crippen LogP contribution in [0.1, 0.15) is 19.5 Å². The maximum absolute atomic E-state index is 13.3. The molecule has 90 valence electrons. The minimum absolute atomic E-state index is 0.0202. The van der Waals surface area contributed by atoms with Crippen LogP contribution in [0.15, 0.2) is 30.5 Å².